The zero-order valence-electron chi connectivity index (χ0n) is 25.2. The maximum Gasteiger partial charge on any atom is 0.271 e. The molecule has 0 aliphatic heterocycles. The Balaban J connectivity index is 1.15. The van der Waals surface area contributed by atoms with Crippen LogP contribution in [0.3, 0.4) is 0 Å². The summed E-state index contributed by atoms with van der Waals surface area (Å²) in [5, 5.41) is 12.9. The second-order valence-electron chi connectivity index (χ2n) is 9.90. The molecule has 46 heavy (non-hydrogen) atoms. The van der Waals surface area contributed by atoms with Gasteiger partial charge >= 0.3 is 0 Å². The number of amides is 2. The molecule has 10 nitrogen and oxygen atoms in total. The summed E-state index contributed by atoms with van der Waals surface area (Å²) in [6.45, 7) is 1.81. The first-order chi connectivity index (χ1) is 22.3. The van der Waals surface area contributed by atoms with E-state index >= 15 is 0 Å². The minimum Gasteiger partial charge on any atom is -0.497 e. The number of ether oxygens (including phenoxy) is 3. The number of nitrogens with one attached hydrogen (secondary N) is 3. The lowest BCUT2D eigenvalue weighted by Gasteiger charge is -2.13. The molecule has 4 aromatic carbocycles. The van der Waals surface area contributed by atoms with Crippen molar-refractivity contribution in [2.24, 2.45) is 5.10 Å². The average molecular weight is 701 g/mol. The number of aryl methyl sites for hydroxylation is 1. The Labute approximate surface area is 278 Å². The quantitative estimate of drug-likeness (QED) is 0.0915. The van der Waals surface area contributed by atoms with Crippen LogP contribution in [0.5, 0.6) is 17.2 Å². The van der Waals surface area contributed by atoms with Crippen molar-refractivity contribution < 1.29 is 23.8 Å². The van der Waals surface area contributed by atoms with Crippen molar-refractivity contribution in [1.82, 2.24) is 10.4 Å². The SMILES string of the molecule is COc1ccc(NC(=O)COc2c(Br)cc(/C=N/NC(=O)c3ccc(-c4csc(Nc5ccc(C)cc5)n4)cc3)cc2OC)cc1. The van der Waals surface area contributed by atoms with Crippen molar-refractivity contribution in [1.29, 1.82) is 0 Å². The van der Waals surface area contributed by atoms with E-state index in [1.165, 1.54) is 30.2 Å². The van der Waals surface area contributed by atoms with E-state index in [0.717, 1.165) is 22.1 Å². The van der Waals surface area contributed by atoms with Crippen molar-refractivity contribution in [3.05, 3.63) is 111 Å². The number of hydrogen-bond donors (Lipinski definition) is 3. The normalized spacial score (nSPS) is 10.8. The molecule has 0 unspecified atom stereocenters. The summed E-state index contributed by atoms with van der Waals surface area (Å²) in [7, 11) is 3.07. The van der Waals surface area contributed by atoms with E-state index < -0.39 is 0 Å². The maximum absolute atomic E-state index is 12.7. The molecule has 5 aromatic rings. The summed E-state index contributed by atoms with van der Waals surface area (Å²) in [6, 6.07) is 25.6. The Bertz CT molecular complexity index is 1840. The summed E-state index contributed by atoms with van der Waals surface area (Å²) in [4.78, 5) is 29.8. The third-order valence-corrected chi connectivity index (χ3v) is 7.95. The number of hydrazone groups is 1. The van der Waals surface area contributed by atoms with Crippen molar-refractivity contribution >= 4 is 61.8 Å². The Kier molecular flexibility index (Phi) is 10.6. The number of anilines is 3. The van der Waals surface area contributed by atoms with E-state index in [0.29, 0.717) is 38.5 Å². The molecule has 0 bridgehead atoms. The summed E-state index contributed by atoms with van der Waals surface area (Å²) >= 11 is 4.98. The van der Waals surface area contributed by atoms with E-state index in [2.05, 4.69) is 42.1 Å². The molecule has 3 N–H and O–H groups in total. The number of carbonyl (C=O) groups excluding carboxylic acids is 2. The number of aromatic nitrogens is 1. The Morgan fingerprint density at radius 2 is 1.65 bits per heavy atom. The predicted molar refractivity (Wildman–Crippen MR) is 185 cm³/mol. The molecule has 0 spiro atoms. The highest BCUT2D eigenvalue weighted by atomic mass is 79.9. The first-order valence-electron chi connectivity index (χ1n) is 14.0. The van der Waals surface area contributed by atoms with Crippen LogP contribution in [0.2, 0.25) is 0 Å². The Hall–Kier alpha value is -5.20. The van der Waals surface area contributed by atoms with Gasteiger partial charge in [-0.2, -0.15) is 5.10 Å². The van der Waals surface area contributed by atoms with Crippen molar-refractivity contribution in [3.8, 4) is 28.5 Å². The number of halogens is 1. The fraction of sp³-hybridized carbons (Fsp3) is 0.118. The predicted octanol–water partition coefficient (Wildman–Crippen LogP) is 7.42. The van der Waals surface area contributed by atoms with E-state index in [9.17, 15) is 9.59 Å². The monoisotopic (exact) mass is 699 g/mol. The molecule has 0 radical (unpaired) electrons. The van der Waals surface area contributed by atoms with E-state index in [1.54, 1.807) is 55.6 Å². The molecule has 0 saturated carbocycles. The van der Waals surface area contributed by atoms with E-state index in [4.69, 9.17) is 14.2 Å². The van der Waals surface area contributed by atoms with Gasteiger partial charge in [0, 0.05) is 27.9 Å². The third kappa shape index (κ3) is 8.49. The lowest BCUT2D eigenvalue weighted by atomic mass is 10.1. The van der Waals surface area contributed by atoms with Crippen molar-refractivity contribution in [2.45, 2.75) is 6.92 Å². The van der Waals surface area contributed by atoms with Crippen LogP contribution < -0.4 is 30.3 Å². The lowest BCUT2D eigenvalue weighted by Crippen LogP contribution is -2.20. The van der Waals surface area contributed by atoms with Gasteiger partial charge in [0.25, 0.3) is 11.8 Å². The summed E-state index contributed by atoms with van der Waals surface area (Å²) in [5.74, 6) is 0.721. The molecule has 0 atom stereocenters. The number of thiazole rings is 1. The first-order valence-corrected chi connectivity index (χ1v) is 15.7. The number of benzene rings is 4. The highest BCUT2D eigenvalue weighted by Gasteiger charge is 2.14. The molecule has 0 fully saturated rings. The zero-order valence-corrected chi connectivity index (χ0v) is 27.6. The molecule has 12 heteroatoms. The summed E-state index contributed by atoms with van der Waals surface area (Å²) < 4.78 is 16.9. The van der Waals surface area contributed by atoms with Crippen LogP contribution in [-0.2, 0) is 4.79 Å². The maximum atomic E-state index is 12.7. The Morgan fingerprint density at radius 1 is 0.935 bits per heavy atom. The molecule has 1 heterocycles. The first kappa shape index (κ1) is 32.2. The molecule has 0 aliphatic rings. The van der Waals surface area contributed by atoms with Crippen LogP contribution >= 0.6 is 27.3 Å². The minimum absolute atomic E-state index is 0.239. The second kappa shape index (κ2) is 15.2. The topological polar surface area (TPSA) is 123 Å². The second-order valence-corrected chi connectivity index (χ2v) is 11.6. The Morgan fingerprint density at radius 3 is 2.35 bits per heavy atom. The number of rotatable bonds is 12. The van der Waals surface area contributed by atoms with Gasteiger partial charge in [0.2, 0.25) is 0 Å². The van der Waals surface area contributed by atoms with Crippen molar-refractivity contribution in [2.75, 3.05) is 31.5 Å². The highest BCUT2D eigenvalue weighted by molar-refractivity contribution is 9.10. The smallest absolute Gasteiger partial charge is 0.271 e. The molecular weight excluding hydrogens is 670 g/mol. The highest BCUT2D eigenvalue weighted by Crippen LogP contribution is 2.36. The van der Waals surface area contributed by atoms with E-state index in [-0.39, 0.29) is 18.4 Å². The van der Waals surface area contributed by atoms with Crippen molar-refractivity contribution in [3.63, 3.8) is 0 Å². The lowest BCUT2D eigenvalue weighted by molar-refractivity contribution is -0.118. The van der Waals surface area contributed by atoms with Crippen LogP contribution in [0.25, 0.3) is 11.3 Å². The van der Waals surface area contributed by atoms with Gasteiger partial charge in [0.15, 0.2) is 23.2 Å². The van der Waals surface area contributed by atoms with Gasteiger partial charge < -0.3 is 24.8 Å². The molecular formula is C34H30BrN5O5S. The molecule has 2 amide bonds. The average Bonchev–Trinajstić information content (AvgIpc) is 3.54. The number of hydrogen-bond acceptors (Lipinski definition) is 9. The van der Waals surface area contributed by atoms with Gasteiger partial charge in [-0.1, -0.05) is 29.8 Å². The van der Waals surface area contributed by atoms with Gasteiger partial charge in [-0.3, -0.25) is 9.59 Å². The molecule has 0 aliphatic carbocycles. The number of carbonyl (C=O) groups is 2. The molecule has 234 valence electrons. The third-order valence-electron chi connectivity index (χ3n) is 6.60. The van der Waals surface area contributed by atoms with Gasteiger partial charge in [0.05, 0.1) is 30.6 Å². The van der Waals surface area contributed by atoms with Gasteiger partial charge in [-0.25, -0.2) is 10.4 Å². The largest absolute Gasteiger partial charge is 0.497 e. The van der Waals surface area contributed by atoms with Crippen LogP contribution in [0.1, 0.15) is 21.5 Å². The number of methoxy groups -OCH3 is 2. The van der Waals surface area contributed by atoms with Crippen LogP contribution in [-0.4, -0.2) is 43.8 Å². The number of nitrogens with zero attached hydrogens (tertiary/aromatic N) is 2. The molecule has 0 saturated heterocycles. The molecule has 5 rings (SSSR count). The zero-order chi connectivity index (χ0) is 32.5. The van der Waals surface area contributed by atoms with Gasteiger partial charge in [0.1, 0.15) is 5.75 Å². The van der Waals surface area contributed by atoms with Gasteiger partial charge in [-0.15, -0.1) is 11.3 Å². The summed E-state index contributed by atoms with van der Waals surface area (Å²) in [5.41, 5.74) is 8.11. The fourth-order valence-electron chi connectivity index (χ4n) is 4.21. The minimum atomic E-state index is -0.364. The summed E-state index contributed by atoms with van der Waals surface area (Å²) in [6.07, 6.45) is 1.48. The van der Waals surface area contributed by atoms with E-state index in [1.807, 2.05) is 48.7 Å². The van der Waals surface area contributed by atoms with Gasteiger partial charge in [-0.05, 0) is 89.1 Å². The van der Waals surface area contributed by atoms with Crippen LogP contribution in [0.4, 0.5) is 16.5 Å². The fourth-order valence-corrected chi connectivity index (χ4v) is 5.52. The van der Waals surface area contributed by atoms with Crippen LogP contribution in [0, 0.1) is 6.92 Å². The van der Waals surface area contributed by atoms with Crippen LogP contribution in [0.15, 0.2) is 99.9 Å². The molecule has 1 aromatic heterocycles. The standard InChI is InChI=1S/C34H30BrN5O5S/c1-21-4-10-26(11-5-21)38-34-39-29(20-46-34)23-6-8-24(9-7-23)33(42)40-36-18-22-16-28(35)32(30(17-22)44-3)45-19-31(41)37-25-12-14-27(43-2)15-13-25/h4-18,20H,19H2,1-3H3,(H,37,41)(H,38,39)(H,40,42)/b36-18+.